The number of rotatable bonds is 4. The summed E-state index contributed by atoms with van der Waals surface area (Å²) in [6.07, 6.45) is 3.61. The van der Waals surface area contributed by atoms with Crippen molar-refractivity contribution < 1.29 is 14.3 Å². The lowest BCUT2D eigenvalue weighted by Gasteiger charge is -2.26. The van der Waals surface area contributed by atoms with Crippen molar-refractivity contribution in [3.05, 3.63) is 17.8 Å². The van der Waals surface area contributed by atoms with Gasteiger partial charge in [-0.1, -0.05) is 0 Å². The zero-order valence-corrected chi connectivity index (χ0v) is 11.7. The molecule has 0 atom stereocenters. The third kappa shape index (κ3) is 2.71. The Balaban J connectivity index is 2.14. The molecule has 1 aliphatic carbocycles. The van der Waals surface area contributed by atoms with Crippen LogP contribution in [0.3, 0.4) is 0 Å². The first-order valence-electron chi connectivity index (χ1n) is 6.49. The Labute approximate surface area is 113 Å². The van der Waals surface area contributed by atoms with Crippen LogP contribution in [0.15, 0.2) is 12.1 Å². The number of hydrogen-bond acceptors (Lipinski definition) is 4. The molecule has 0 aliphatic heterocycles. The minimum Gasteiger partial charge on any atom is -0.481 e. The van der Waals surface area contributed by atoms with Gasteiger partial charge in [-0.3, -0.25) is 4.79 Å². The Morgan fingerprint density at radius 2 is 2.00 bits per heavy atom. The Bertz CT molecular complexity index is 468. The summed E-state index contributed by atoms with van der Waals surface area (Å²) in [5.41, 5.74) is 0.762. The number of amides is 1. The standard InChI is InChI=1S/C14H20N2O3/c1-10-11(6-7-12(15-10)18-2)16-13(17)14(19-3)8-4-5-9-14/h6-7H,4-5,8-9H2,1-3H3,(H,16,17). The number of pyridine rings is 1. The Morgan fingerprint density at radius 1 is 1.32 bits per heavy atom. The molecule has 1 aliphatic rings. The van der Waals surface area contributed by atoms with Crippen LogP contribution in [0.25, 0.3) is 0 Å². The van der Waals surface area contributed by atoms with E-state index >= 15 is 0 Å². The molecule has 0 unspecified atom stereocenters. The van der Waals surface area contributed by atoms with Gasteiger partial charge in [0.25, 0.3) is 5.91 Å². The maximum atomic E-state index is 12.4. The van der Waals surface area contributed by atoms with Crippen LogP contribution >= 0.6 is 0 Å². The third-order valence-corrected chi connectivity index (χ3v) is 3.73. The predicted octanol–water partition coefficient (Wildman–Crippen LogP) is 2.30. The van der Waals surface area contributed by atoms with Gasteiger partial charge in [0.2, 0.25) is 5.88 Å². The fourth-order valence-corrected chi connectivity index (χ4v) is 2.49. The number of methoxy groups -OCH3 is 2. The minimum absolute atomic E-state index is 0.0810. The van der Waals surface area contributed by atoms with Crippen molar-refractivity contribution in [3.8, 4) is 5.88 Å². The molecule has 1 N–H and O–H groups in total. The molecule has 1 amide bonds. The molecular weight excluding hydrogens is 244 g/mol. The molecule has 1 fully saturated rings. The number of aromatic nitrogens is 1. The number of ether oxygens (including phenoxy) is 2. The normalized spacial score (nSPS) is 17.2. The minimum atomic E-state index is -0.674. The van der Waals surface area contributed by atoms with E-state index in [1.54, 1.807) is 26.4 Å². The summed E-state index contributed by atoms with van der Waals surface area (Å²) in [6.45, 7) is 1.84. The summed E-state index contributed by atoms with van der Waals surface area (Å²) in [4.78, 5) is 16.6. The molecule has 1 saturated carbocycles. The lowest BCUT2D eigenvalue weighted by Crippen LogP contribution is -2.42. The smallest absolute Gasteiger partial charge is 0.256 e. The maximum absolute atomic E-state index is 12.4. The van der Waals surface area contributed by atoms with Gasteiger partial charge in [-0.15, -0.1) is 0 Å². The van der Waals surface area contributed by atoms with Crippen LogP contribution in [0, 0.1) is 6.92 Å². The van der Waals surface area contributed by atoms with E-state index in [1.165, 1.54) is 0 Å². The highest BCUT2D eigenvalue weighted by molar-refractivity contribution is 5.97. The molecule has 0 radical (unpaired) electrons. The summed E-state index contributed by atoms with van der Waals surface area (Å²) >= 11 is 0. The maximum Gasteiger partial charge on any atom is 0.256 e. The Hall–Kier alpha value is -1.62. The van der Waals surface area contributed by atoms with Gasteiger partial charge in [0, 0.05) is 13.2 Å². The lowest BCUT2D eigenvalue weighted by molar-refractivity contribution is -0.137. The molecule has 19 heavy (non-hydrogen) atoms. The van der Waals surface area contributed by atoms with E-state index in [2.05, 4.69) is 10.3 Å². The van der Waals surface area contributed by atoms with E-state index in [0.29, 0.717) is 11.6 Å². The van der Waals surface area contributed by atoms with E-state index < -0.39 is 5.60 Å². The van der Waals surface area contributed by atoms with Crippen molar-refractivity contribution in [1.82, 2.24) is 4.98 Å². The molecule has 104 valence electrons. The van der Waals surface area contributed by atoms with Crippen molar-refractivity contribution >= 4 is 11.6 Å². The molecule has 0 aromatic carbocycles. The largest absolute Gasteiger partial charge is 0.481 e. The number of nitrogens with one attached hydrogen (secondary N) is 1. The van der Waals surface area contributed by atoms with Gasteiger partial charge in [0.1, 0.15) is 5.60 Å². The molecule has 5 nitrogen and oxygen atoms in total. The molecule has 0 spiro atoms. The van der Waals surface area contributed by atoms with Gasteiger partial charge in [-0.25, -0.2) is 4.98 Å². The second-order valence-corrected chi connectivity index (χ2v) is 4.85. The first kappa shape index (κ1) is 13.8. The van der Waals surface area contributed by atoms with Crippen LogP contribution < -0.4 is 10.1 Å². The number of carbonyl (C=O) groups is 1. The van der Waals surface area contributed by atoms with Crippen molar-refractivity contribution in [2.24, 2.45) is 0 Å². The Morgan fingerprint density at radius 3 is 2.53 bits per heavy atom. The number of carbonyl (C=O) groups excluding carboxylic acids is 1. The fraction of sp³-hybridized carbons (Fsp3) is 0.571. The molecule has 5 heteroatoms. The molecule has 0 bridgehead atoms. The number of aryl methyl sites for hydroxylation is 1. The third-order valence-electron chi connectivity index (χ3n) is 3.73. The highest BCUT2D eigenvalue weighted by atomic mass is 16.5. The van der Waals surface area contributed by atoms with Gasteiger partial charge in [0.05, 0.1) is 18.5 Å². The van der Waals surface area contributed by atoms with Gasteiger partial charge < -0.3 is 14.8 Å². The second-order valence-electron chi connectivity index (χ2n) is 4.85. The first-order chi connectivity index (χ1) is 9.11. The SMILES string of the molecule is COc1ccc(NC(=O)C2(OC)CCCC2)c(C)n1. The summed E-state index contributed by atoms with van der Waals surface area (Å²) in [5.74, 6) is 0.459. The molecule has 1 heterocycles. The van der Waals surface area contributed by atoms with E-state index in [-0.39, 0.29) is 5.91 Å². The summed E-state index contributed by atoms with van der Waals surface area (Å²) in [7, 11) is 3.17. The van der Waals surface area contributed by atoms with Crippen LogP contribution in [0.1, 0.15) is 31.4 Å². The first-order valence-corrected chi connectivity index (χ1v) is 6.49. The molecule has 1 aromatic rings. The van der Waals surface area contributed by atoms with Crippen molar-refractivity contribution in [1.29, 1.82) is 0 Å². The zero-order chi connectivity index (χ0) is 13.9. The monoisotopic (exact) mass is 264 g/mol. The van der Waals surface area contributed by atoms with Gasteiger partial charge in [-0.05, 0) is 38.7 Å². The fourth-order valence-electron chi connectivity index (χ4n) is 2.49. The average Bonchev–Trinajstić information content (AvgIpc) is 2.91. The highest BCUT2D eigenvalue weighted by Gasteiger charge is 2.41. The van der Waals surface area contributed by atoms with Crippen LogP contribution in [0.5, 0.6) is 5.88 Å². The van der Waals surface area contributed by atoms with E-state index in [4.69, 9.17) is 9.47 Å². The predicted molar refractivity (Wildman–Crippen MR) is 72.4 cm³/mol. The van der Waals surface area contributed by atoms with Crippen LogP contribution in [-0.4, -0.2) is 30.7 Å². The quantitative estimate of drug-likeness (QED) is 0.906. The van der Waals surface area contributed by atoms with Crippen molar-refractivity contribution in [2.45, 2.75) is 38.2 Å². The van der Waals surface area contributed by atoms with Gasteiger partial charge in [-0.2, -0.15) is 0 Å². The van der Waals surface area contributed by atoms with Crippen molar-refractivity contribution in [3.63, 3.8) is 0 Å². The summed E-state index contributed by atoms with van der Waals surface area (Å²) < 4.78 is 10.5. The topological polar surface area (TPSA) is 60.5 Å². The number of nitrogens with zero attached hydrogens (tertiary/aromatic N) is 1. The molecule has 2 rings (SSSR count). The second kappa shape index (κ2) is 5.57. The van der Waals surface area contributed by atoms with Crippen LogP contribution in [0.4, 0.5) is 5.69 Å². The van der Waals surface area contributed by atoms with Crippen molar-refractivity contribution in [2.75, 3.05) is 19.5 Å². The highest BCUT2D eigenvalue weighted by Crippen LogP contribution is 2.34. The number of anilines is 1. The molecule has 1 aromatic heterocycles. The summed E-state index contributed by atoms with van der Waals surface area (Å²) in [5, 5.41) is 2.91. The number of hydrogen-bond donors (Lipinski definition) is 1. The Kier molecular flexibility index (Phi) is 4.04. The van der Waals surface area contributed by atoms with Gasteiger partial charge in [0.15, 0.2) is 0 Å². The zero-order valence-electron chi connectivity index (χ0n) is 11.7. The molecular formula is C14H20N2O3. The average molecular weight is 264 g/mol. The lowest BCUT2D eigenvalue weighted by atomic mass is 10.0. The summed E-state index contributed by atoms with van der Waals surface area (Å²) in [6, 6.07) is 3.54. The molecule has 0 saturated heterocycles. The van der Waals surface area contributed by atoms with Crippen LogP contribution in [-0.2, 0) is 9.53 Å². The van der Waals surface area contributed by atoms with Crippen LogP contribution in [0.2, 0.25) is 0 Å². The van der Waals surface area contributed by atoms with E-state index in [9.17, 15) is 4.79 Å². The van der Waals surface area contributed by atoms with E-state index in [0.717, 1.165) is 31.4 Å². The van der Waals surface area contributed by atoms with E-state index in [1.807, 2.05) is 6.92 Å². The van der Waals surface area contributed by atoms with Gasteiger partial charge >= 0.3 is 0 Å².